The van der Waals surface area contributed by atoms with Gasteiger partial charge in [-0.1, -0.05) is 31.2 Å². The third-order valence-electron chi connectivity index (χ3n) is 2.68. The van der Waals surface area contributed by atoms with Crippen LogP contribution in [-0.2, 0) is 6.42 Å². The third kappa shape index (κ3) is 2.42. The van der Waals surface area contributed by atoms with Crippen LogP contribution in [0.3, 0.4) is 0 Å². The van der Waals surface area contributed by atoms with Gasteiger partial charge in [0, 0.05) is 17.3 Å². The minimum absolute atomic E-state index is 0.648. The molecule has 88 valence electrons. The van der Waals surface area contributed by atoms with Gasteiger partial charge in [0.05, 0.1) is 0 Å². The molecule has 0 amide bonds. The maximum atomic E-state index is 5.42. The monoisotopic (exact) mass is 228 g/mol. The second-order valence-corrected chi connectivity index (χ2v) is 3.88. The topological polar surface area (TPSA) is 63.8 Å². The standard InChI is InChI=1S/C13H16N4/c1-3-10-8-12(17-14)16-13(15-10)11-7-5-4-6-9(11)2/h4-8H,3,14H2,1-2H3,(H,15,16,17). The average Bonchev–Trinajstić information content (AvgIpc) is 2.38. The van der Waals surface area contributed by atoms with Crippen molar-refractivity contribution < 1.29 is 0 Å². The number of hydrogen-bond acceptors (Lipinski definition) is 4. The van der Waals surface area contributed by atoms with Crippen LogP contribution in [0.4, 0.5) is 5.82 Å². The Morgan fingerprint density at radius 3 is 2.65 bits per heavy atom. The third-order valence-corrected chi connectivity index (χ3v) is 2.68. The molecule has 0 saturated heterocycles. The first kappa shape index (κ1) is 11.5. The number of nitrogens with two attached hydrogens (primary N) is 1. The molecule has 0 fully saturated rings. The van der Waals surface area contributed by atoms with Gasteiger partial charge < -0.3 is 5.43 Å². The summed E-state index contributed by atoms with van der Waals surface area (Å²) in [6.45, 7) is 4.11. The molecule has 0 aliphatic heterocycles. The van der Waals surface area contributed by atoms with E-state index in [-0.39, 0.29) is 0 Å². The number of rotatable bonds is 3. The van der Waals surface area contributed by atoms with E-state index < -0.39 is 0 Å². The highest BCUT2D eigenvalue weighted by Gasteiger charge is 2.07. The Labute approximate surface area is 101 Å². The molecular formula is C13H16N4. The second-order valence-electron chi connectivity index (χ2n) is 3.88. The Morgan fingerprint density at radius 1 is 1.24 bits per heavy atom. The molecule has 0 atom stereocenters. The van der Waals surface area contributed by atoms with Crippen LogP contribution in [0.1, 0.15) is 18.2 Å². The fourth-order valence-corrected chi connectivity index (χ4v) is 1.70. The Morgan fingerprint density at radius 2 is 2.00 bits per heavy atom. The summed E-state index contributed by atoms with van der Waals surface area (Å²) in [6, 6.07) is 9.92. The Hall–Kier alpha value is -1.94. The highest BCUT2D eigenvalue weighted by molar-refractivity contribution is 5.61. The number of hydrazine groups is 1. The molecule has 1 heterocycles. The number of anilines is 1. The molecule has 0 unspecified atom stereocenters. The van der Waals surface area contributed by atoms with Gasteiger partial charge in [-0.3, -0.25) is 0 Å². The Kier molecular flexibility index (Phi) is 3.35. The number of benzene rings is 1. The van der Waals surface area contributed by atoms with Crippen molar-refractivity contribution in [2.45, 2.75) is 20.3 Å². The summed E-state index contributed by atoms with van der Waals surface area (Å²) < 4.78 is 0. The van der Waals surface area contributed by atoms with Crippen LogP contribution in [0.5, 0.6) is 0 Å². The summed E-state index contributed by atoms with van der Waals surface area (Å²) in [4.78, 5) is 8.91. The molecule has 0 bridgehead atoms. The normalized spacial score (nSPS) is 10.3. The predicted molar refractivity (Wildman–Crippen MR) is 69.4 cm³/mol. The van der Waals surface area contributed by atoms with Gasteiger partial charge in [-0.2, -0.15) is 0 Å². The minimum atomic E-state index is 0.648. The van der Waals surface area contributed by atoms with Crippen molar-refractivity contribution in [3.8, 4) is 11.4 Å². The zero-order chi connectivity index (χ0) is 12.3. The van der Waals surface area contributed by atoms with E-state index in [1.54, 1.807) is 0 Å². The van der Waals surface area contributed by atoms with E-state index in [2.05, 4.69) is 22.3 Å². The van der Waals surface area contributed by atoms with Crippen molar-refractivity contribution in [1.29, 1.82) is 0 Å². The lowest BCUT2D eigenvalue weighted by atomic mass is 10.1. The molecule has 0 radical (unpaired) electrons. The summed E-state index contributed by atoms with van der Waals surface area (Å²) in [5.41, 5.74) is 5.76. The van der Waals surface area contributed by atoms with Gasteiger partial charge in [0.25, 0.3) is 0 Å². The van der Waals surface area contributed by atoms with Crippen LogP contribution in [0, 0.1) is 6.92 Å². The van der Waals surface area contributed by atoms with E-state index >= 15 is 0 Å². The summed E-state index contributed by atoms with van der Waals surface area (Å²) in [5.74, 6) is 6.78. The van der Waals surface area contributed by atoms with Crippen molar-refractivity contribution in [2.75, 3.05) is 5.43 Å². The fraction of sp³-hybridized carbons (Fsp3) is 0.231. The second kappa shape index (κ2) is 4.93. The fourth-order valence-electron chi connectivity index (χ4n) is 1.70. The van der Waals surface area contributed by atoms with Crippen molar-refractivity contribution in [3.05, 3.63) is 41.6 Å². The largest absolute Gasteiger partial charge is 0.308 e. The van der Waals surface area contributed by atoms with E-state index in [4.69, 9.17) is 5.84 Å². The van der Waals surface area contributed by atoms with E-state index in [1.165, 1.54) is 0 Å². The summed E-state index contributed by atoms with van der Waals surface area (Å²) >= 11 is 0. The van der Waals surface area contributed by atoms with E-state index in [9.17, 15) is 0 Å². The van der Waals surface area contributed by atoms with E-state index in [0.717, 1.165) is 29.1 Å². The van der Waals surface area contributed by atoms with Gasteiger partial charge in [-0.25, -0.2) is 15.8 Å². The molecule has 4 heteroatoms. The Balaban J connectivity index is 2.55. The number of nitrogens with zero attached hydrogens (tertiary/aromatic N) is 2. The molecule has 0 spiro atoms. The Bertz CT molecular complexity index is 500. The molecule has 4 nitrogen and oxygen atoms in total. The van der Waals surface area contributed by atoms with Gasteiger partial charge in [-0.15, -0.1) is 0 Å². The number of nitrogens with one attached hydrogen (secondary N) is 1. The van der Waals surface area contributed by atoms with Crippen LogP contribution in [0.25, 0.3) is 11.4 Å². The molecular weight excluding hydrogens is 212 g/mol. The maximum Gasteiger partial charge on any atom is 0.162 e. The molecule has 2 rings (SSSR count). The first-order valence-corrected chi connectivity index (χ1v) is 5.65. The molecule has 1 aromatic heterocycles. The van der Waals surface area contributed by atoms with Crippen molar-refractivity contribution >= 4 is 5.82 Å². The number of aromatic nitrogens is 2. The number of nitrogen functional groups attached to an aromatic ring is 1. The van der Waals surface area contributed by atoms with Crippen LogP contribution in [-0.4, -0.2) is 9.97 Å². The molecule has 3 N–H and O–H groups in total. The summed E-state index contributed by atoms with van der Waals surface area (Å²) in [6.07, 6.45) is 0.857. The van der Waals surface area contributed by atoms with Gasteiger partial charge >= 0.3 is 0 Å². The van der Waals surface area contributed by atoms with Crippen molar-refractivity contribution in [1.82, 2.24) is 9.97 Å². The SMILES string of the molecule is CCc1cc(NN)nc(-c2ccccc2C)n1. The highest BCUT2D eigenvalue weighted by atomic mass is 15.3. The van der Waals surface area contributed by atoms with Crippen molar-refractivity contribution in [3.63, 3.8) is 0 Å². The summed E-state index contributed by atoms with van der Waals surface area (Å²) in [5, 5.41) is 0. The molecule has 0 saturated carbocycles. The number of aryl methyl sites for hydroxylation is 2. The van der Waals surface area contributed by atoms with Gasteiger partial charge in [0.15, 0.2) is 5.82 Å². The van der Waals surface area contributed by atoms with Crippen LogP contribution in [0.2, 0.25) is 0 Å². The van der Waals surface area contributed by atoms with Crippen LogP contribution < -0.4 is 11.3 Å². The van der Waals surface area contributed by atoms with Crippen molar-refractivity contribution in [2.24, 2.45) is 5.84 Å². The van der Waals surface area contributed by atoms with Gasteiger partial charge in [0.2, 0.25) is 0 Å². The lowest BCUT2D eigenvalue weighted by Crippen LogP contribution is -2.10. The van der Waals surface area contributed by atoms with E-state index in [0.29, 0.717) is 5.82 Å². The highest BCUT2D eigenvalue weighted by Crippen LogP contribution is 2.21. The van der Waals surface area contributed by atoms with Gasteiger partial charge in [0.1, 0.15) is 5.82 Å². The molecule has 0 aliphatic rings. The lowest BCUT2D eigenvalue weighted by molar-refractivity contribution is 1.00. The number of hydrogen-bond donors (Lipinski definition) is 2. The lowest BCUT2D eigenvalue weighted by Gasteiger charge is -2.08. The van der Waals surface area contributed by atoms with Gasteiger partial charge in [-0.05, 0) is 18.9 Å². The molecule has 0 aliphatic carbocycles. The zero-order valence-electron chi connectivity index (χ0n) is 10.1. The van der Waals surface area contributed by atoms with Crippen LogP contribution in [0.15, 0.2) is 30.3 Å². The predicted octanol–water partition coefficient (Wildman–Crippen LogP) is 2.30. The quantitative estimate of drug-likeness (QED) is 0.625. The maximum absolute atomic E-state index is 5.42. The first-order chi connectivity index (χ1) is 8.24. The molecule has 2 aromatic rings. The molecule has 17 heavy (non-hydrogen) atoms. The zero-order valence-corrected chi connectivity index (χ0v) is 10.1. The average molecular weight is 228 g/mol. The first-order valence-electron chi connectivity index (χ1n) is 5.65. The smallest absolute Gasteiger partial charge is 0.162 e. The molecule has 1 aromatic carbocycles. The van der Waals surface area contributed by atoms with E-state index in [1.807, 2.05) is 37.3 Å². The minimum Gasteiger partial charge on any atom is -0.308 e. The summed E-state index contributed by atoms with van der Waals surface area (Å²) in [7, 11) is 0. The van der Waals surface area contributed by atoms with Crippen LogP contribution >= 0.6 is 0 Å².